The number of aryl methyl sites for hydroxylation is 1. The van der Waals surface area contributed by atoms with Crippen molar-refractivity contribution in [1.82, 2.24) is 5.32 Å². The van der Waals surface area contributed by atoms with Crippen LogP contribution in [0.2, 0.25) is 0 Å². The lowest BCUT2D eigenvalue weighted by Gasteiger charge is -2.11. The van der Waals surface area contributed by atoms with Gasteiger partial charge in [0, 0.05) is 12.1 Å². The molecule has 1 aliphatic rings. The zero-order valence-corrected chi connectivity index (χ0v) is 9.77. The monoisotopic (exact) mass is 258 g/mol. The van der Waals surface area contributed by atoms with E-state index in [1.54, 1.807) is 13.0 Å². The van der Waals surface area contributed by atoms with Gasteiger partial charge in [0.15, 0.2) is 0 Å². The highest BCUT2D eigenvalue weighted by atomic mass is 19.3. The Bertz CT molecular complexity index is 456. The fourth-order valence-corrected chi connectivity index (χ4v) is 1.94. The Morgan fingerprint density at radius 2 is 2.17 bits per heavy atom. The maximum absolute atomic E-state index is 13.1. The molecule has 0 radical (unpaired) electrons. The van der Waals surface area contributed by atoms with Gasteiger partial charge in [-0.25, -0.2) is 13.2 Å². The Morgan fingerprint density at radius 1 is 1.44 bits per heavy atom. The van der Waals surface area contributed by atoms with E-state index in [1.165, 1.54) is 6.07 Å². The number of nitrogens with one attached hydrogen (secondary N) is 2. The fraction of sp³-hybridized carbons (Fsp3) is 0.417. The van der Waals surface area contributed by atoms with Gasteiger partial charge in [-0.05, 0) is 30.7 Å². The molecule has 1 amide bonds. The normalized spacial score (nSPS) is 21.9. The number of carbonyl (C=O) groups is 1. The first-order valence-corrected chi connectivity index (χ1v) is 5.55. The van der Waals surface area contributed by atoms with Crippen molar-refractivity contribution in [3.05, 3.63) is 29.6 Å². The second-order valence-corrected chi connectivity index (χ2v) is 4.50. The van der Waals surface area contributed by atoms with E-state index in [0.29, 0.717) is 5.56 Å². The third-order valence-electron chi connectivity index (χ3n) is 2.74. The van der Waals surface area contributed by atoms with Gasteiger partial charge in [0.1, 0.15) is 5.82 Å². The van der Waals surface area contributed by atoms with Crippen molar-refractivity contribution < 1.29 is 18.0 Å². The molecule has 2 N–H and O–H groups in total. The van der Waals surface area contributed by atoms with Crippen LogP contribution in [0, 0.1) is 12.7 Å². The molecule has 0 aliphatic carbocycles. The maximum Gasteiger partial charge on any atom is 0.262 e. The van der Waals surface area contributed by atoms with Gasteiger partial charge in [0.2, 0.25) is 5.91 Å². The summed E-state index contributed by atoms with van der Waals surface area (Å²) in [4.78, 5) is 11.7. The first-order valence-electron chi connectivity index (χ1n) is 5.55. The Kier molecular flexibility index (Phi) is 3.30. The van der Waals surface area contributed by atoms with Crippen LogP contribution in [0.5, 0.6) is 0 Å². The molecule has 0 aromatic heterocycles. The number of benzene rings is 1. The molecule has 18 heavy (non-hydrogen) atoms. The molecule has 6 heteroatoms. The van der Waals surface area contributed by atoms with Crippen molar-refractivity contribution in [1.29, 1.82) is 0 Å². The van der Waals surface area contributed by atoms with Crippen LogP contribution in [-0.4, -0.2) is 24.4 Å². The summed E-state index contributed by atoms with van der Waals surface area (Å²) in [7, 11) is 0. The van der Waals surface area contributed by atoms with E-state index in [1.807, 2.05) is 0 Å². The molecule has 98 valence electrons. The Hall–Kier alpha value is -1.56. The molecule has 1 unspecified atom stereocenters. The Morgan fingerprint density at radius 3 is 2.72 bits per heavy atom. The average molecular weight is 258 g/mol. The Balaban J connectivity index is 2.03. The van der Waals surface area contributed by atoms with Crippen molar-refractivity contribution in [2.24, 2.45) is 0 Å². The van der Waals surface area contributed by atoms with E-state index >= 15 is 0 Å². The first kappa shape index (κ1) is 12.9. The van der Waals surface area contributed by atoms with E-state index in [-0.39, 0.29) is 5.69 Å². The number of alkyl halides is 2. The second-order valence-electron chi connectivity index (χ2n) is 4.50. The van der Waals surface area contributed by atoms with Crippen molar-refractivity contribution in [3.63, 3.8) is 0 Å². The van der Waals surface area contributed by atoms with E-state index in [4.69, 9.17) is 0 Å². The fourth-order valence-electron chi connectivity index (χ4n) is 1.94. The second kappa shape index (κ2) is 4.61. The predicted molar refractivity (Wildman–Crippen MR) is 61.1 cm³/mol. The molecular formula is C12H13F3N2O. The molecule has 2 rings (SSSR count). The van der Waals surface area contributed by atoms with Gasteiger partial charge in [-0.2, -0.15) is 0 Å². The summed E-state index contributed by atoms with van der Waals surface area (Å²) in [6, 6.07) is 3.10. The summed E-state index contributed by atoms with van der Waals surface area (Å²) in [5, 5.41) is 4.87. The van der Waals surface area contributed by atoms with Crippen molar-refractivity contribution >= 4 is 11.6 Å². The number of anilines is 1. The number of halogens is 3. The number of carbonyl (C=O) groups excluding carboxylic acids is 1. The summed E-state index contributed by atoms with van der Waals surface area (Å²) in [6.45, 7) is 1.17. The van der Waals surface area contributed by atoms with Crippen LogP contribution >= 0.6 is 0 Å². The minimum atomic E-state index is -2.86. The molecule has 1 fully saturated rings. The van der Waals surface area contributed by atoms with Crippen molar-refractivity contribution in [2.45, 2.75) is 25.3 Å². The molecule has 1 aromatic carbocycles. The van der Waals surface area contributed by atoms with E-state index in [0.717, 1.165) is 6.07 Å². The molecule has 0 saturated carbocycles. The maximum atomic E-state index is 13.1. The van der Waals surface area contributed by atoms with Crippen LogP contribution in [0.25, 0.3) is 0 Å². The highest BCUT2D eigenvalue weighted by molar-refractivity contribution is 5.95. The molecule has 1 aromatic rings. The summed E-state index contributed by atoms with van der Waals surface area (Å²) >= 11 is 0. The summed E-state index contributed by atoms with van der Waals surface area (Å²) in [5.74, 6) is -3.91. The minimum absolute atomic E-state index is 0.273. The predicted octanol–water partition coefficient (Wildman–Crippen LogP) is 2.07. The van der Waals surface area contributed by atoms with Gasteiger partial charge in [0.25, 0.3) is 5.92 Å². The lowest BCUT2D eigenvalue weighted by atomic mass is 10.1. The number of rotatable bonds is 2. The van der Waals surface area contributed by atoms with Crippen LogP contribution in [0.1, 0.15) is 12.0 Å². The minimum Gasteiger partial charge on any atom is -0.325 e. The number of amides is 1. The molecule has 1 heterocycles. The topological polar surface area (TPSA) is 41.1 Å². The summed E-state index contributed by atoms with van der Waals surface area (Å²) in [6.07, 6.45) is -0.535. The zero-order valence-electron chi connectivity index (χ0n) is 9.77. The van der Waals surface area contributed by atoms with Crippen LogP contribution in [0.4, 0.5) is 18.9 Å². The highest BCUT2D eigenvalue weighted by Crippen LogP contribution is 2.25. The van der Waals surface area contributed by atoms with Crippen molar-refractivity contribution in [2.75, 3.05) is 11.9 Å². The van der Waals surface area contributed by atoms with Gasteiger partial charge in [-0.15, -0.1) is 0 Å². The molecule has 0 bridgehead atoms. The van der Waals surface area contributed by atoms with Crippen LogP contribution < -0.4 is 10.6 Å². The molecule has 1 saturated heterocycles. The highest BCUT2D eigenvalue weighted by Gasteiger charge is 2.42. The molecule has 3 nitrogen and oxygen atoms in total. The van der Waals surface area contributed by atoms with Crippen LogP contribution in [0.15, 0.2) is 18.2 Å². The molecule has 1 aliphatic heterocycles. The van der Waals surface area contributed by atoms with Gasteiger partial charge in [-0.3, -0.25) is 10.1 Å². The molecule has 0 spiro atoms. The van der Waals surface area contributed by atoms with Gasteiger partial charge in [-0.1, -0.05) is 0 Å². The molecular weight excluding hydrogens is 245 g/mol. The number of hydrogen-bond donors (Lipinski definition) is 2. The smallest absolute Gasteiger partial charge is 0.262 e. The van der Waals surface area contributed by atoms with Gasteiger partial charge >= 0.3 is 0 Å². The summed E-state index contributed by atoms with van der Waals surface area (Å²) < 4.78 is 38.9. The lowest BCUT2D eigenvalue weighted by Crippen LogP contribution is -2.35. The van der Waals surface area contributed by atoms with Gasteiger partial charge in [0.05, 0.1) is 12.6 Å². The quantitative estimate of drug-likeness (QED) is 0.852. The standard InChI is InChI=1S/C12H13F3N2O/c1-7-2-8(13)4-9(3-7)17-11(18)10-5-12(14,15)6-16-10/h2-4,10,16H,5-6H2,1H3,(H,17,18). The third-order valence-corrected chi connectivity index (χ3v) is 2.74. The van der Waals surface area contributed by atoms with Crippen LogP contribution in [0.3, 0.4) is 0 Å². The lowest BCUT2D eigenvalue weighted by molar-refractivity contribution is -0.118. The zero-order chi connectivity index (χ0) is 13.3. The number of hydrogen-bond acceptors (Lipinski definition) is 2. The van der Waals surface area contributed by atoms with Crippen molar-refractivity contribution in [3.8, 4) is 0 Å². The van der Waals surface area contributed by atoms with Gasteiger partial charge < -0.3 is 5.32 Å². The van der Waals surface area contributed by atoms with Crippen LogP contribution in [-0.2, 0) is 4.79 Å². The van der Waals surface area contributed by atoms with E-state index in [2.05, 4.69) is 10.6 Å². The van der Waals surface area contributed by atoms with E-state index in [9.17, 15) is 18.0 Å². The average Bonchev–Trinajstić information content (AvgIpc) is 2.57. The largest absolute Gasteiger partial charge is 0.325 e. The van der Waals surface area contributed by atoms with E-state index < -0.39 is 36.7 Å². The Labute approximate surface area is 102 Å². The first-order chi connectivity index (χ1) is 8.35. The third kappa shape index (κ3) is 3.01. The molecule has 1 atom stereocenters. The summed E-state index contributed by atoms with van der Waals surface area (Å²) in [5.41, 5.74) is 0.921. The SMILES string of the molecule is Cc1cc(F)cc(NC(=O)C2CC(F)(F)CN2)c1.